The summed E-state index contributed by atoms with van der Waals surface area (Å²) >= 11 is 1.42. The Morgan fingerprint density at radius 1 is 1.41 bits per heavy atom. The molecule has 0 unspecified atom stereocenters. The van der Waals surface area contributed by atoms with Gasteiger partial charge in [0.05, 0.1) is 7.11 Å². The van der Waals surface area contributed by atoms with Crippen LogP contribution in [-0.4, -0.2) is 42.6 Å². The van der Waals surface area contributed by atoms with Gasteiger partial charge < -0.3 is 9.64 Å². The highest BCUT2D eigenvalue weighted by molar-refractivity contribution is 7.20. The van der Waals surface area contributed by atoms with Gasteiger partial charge in [0.2, 0.25) is 0 Å². The molecule has 0 radical (unpaired) electrons. The fourth-order valence-corrected chi connectivity index (χ4v) is 4.04. The molecule has 5 heteroatoms. The summed E-state index contributed by atoms with van der Waals surface area (Å²) in [5, 5.41) is 1.02. The van der Waals surface area contributed by atoms with Crippen molar-refractivity contribution >= 4 is 27.5 Å². The Kier molecular flexibility index (Phi) is 4.74. The van der Waals surface area contributed by atoms with Gasteiger partial charge in [-0.1, -0.05) is 13.0 Å². The van der Waals surface area contributed by atoms with E-state index in [-0.39, 0.29) is 5.97 Å². The number of hydrogen-bond donors (Lipinski definition) is 0. The quantitative estimate of drug-likeness (QED) is 0.811. The van der Waals surface area contributed by atoms with Crippen LogP contribution in [0.1, 0.15) is 35.1 Å². The first kappa shape index (κ1) is 15.4. The van der Waals surface area contributed by atoms with Gasteiger partial charge in [-0.15, -0.1) is 11.3 Å². The van der Waals surface area contributed by atoms with Crippen molar-refractivity contribution in [3.63, 3.8) is 0 Å². The first-order chi connectivity index (χ1) is 10.7. The number of rotatable bonds is 4. The van der Waals surface area contributed by atoms with Crippen molar-refractivity contribution in [1.82, 2.24) is 9.88 Å². The van der Waals surface area contributed by atoms with Crippen LogP contribution in [0, 0.1) is 5.92 Å². The average Bonchev–Trinajstić information content (AvgIpc) is 2.98. The number of pyridine rings is 1. The Morgan fingerprint density at radius 3 is 2.86 bits per heavy atom. The third-order valence-electron chi connectivity index (χ3n) is 4.48. The van der Waals surface area contributed by atoms with Gasteiger partial charge in [-0.25, -0.2) is 9.78 Å². The maximum atomic E-state index is 11.6. The highest BCUT2D eigenvalue weighted by Crippen LogP contribution is 2.27. The van der Waals surface area contributed by atoms with Crippen molar-refractivity contribution in [2.75, 3.05) is 26.7 Å². The molecule has 2 aromatic rings. The van der Waals surface area contributed by atoms with E-state index in [1.807, 2.05) is 6.07 Å². The number of fused-ring (bicyclic) bond motifs is 1. The van der Waals surface area contributed by atoms with E-state index in [1.54, 1.807) is 0 Å². The summed E-state index contributed by atoms with van der Waals surface area (Å²) in [6.45, 7) is 5.79. The molecule has 0 aliphatic carbocycles. The molecule has 0 spiro atoms. The molecule has 0 bridgehead atoms. The minimum absolute atomic E-state index is 0.281. The molecule has 22 heavy (non-hydrogen) atoms. The number of carbonyl (C=O) groups is 1. The van der Waals surface area contributed by atoms with Crippen molar-refractivity contribution in [2.24, 2.45) is 5.92 Å². The fraction of sp³-hybridized carbons (Fsp3) is 0.529. The van der Waals surface area contributed by atoms with Gasteiger partial charge in [0.15, 0.2) is 0 Å². The van der Waals surface area contributed by atoms with Crippen LogP contribution in [0.4, 0.5) is 0 Å². The molecule has 0 aromatic carbocycles. The highest BCUT2D eigenvalue weighted by atomic mass is 32.1. The number of thiophene rings is 1. The molecule has 0 amide bonds. The van der Waals surface area contributed by atoms with Gasteiger partial charge in [-0.3, -0.25) is 0 Å². The summed E-state index contributed by atoms with van der Waals surface area (Å²) in [7, 11) is 1.41. The summed E-state index contributed by atoms with van der Waals surface area (Å²) in [5.41, 5.74) is 1.14. The number of carbonyl (C=O) groups excluding carboxylic acids is 1. The van der Waals surface area contributed by atoms with Gasteiger partial charge in [-0.05, 0) is 56.9 Å². The molecule has 0 atom stereocenters. The number of aromatic nitrogens is 1. The van der Waals surface area contributed by atoms with Crippen LogP contribution in [0.3, 0.4) is 0 Å². The summed E-state index contributed by atoms with van der Waals surface area (Å²) < 4.78 is 4.78. The molecule has 2 aromatic heterocycles. The average molecular weight is 318 g/mol. The lowest BCUT2D eigenvalue weighted by Crippen LogP contribution is -2.34. The topological polar surface area (TPSA) is 42.4 Å². The lowest BCUT2D eigenvalue weighted by molar-refractivity contribution is 0.0606. The van der Waals surface area contributed by atoms with Crippen molar-refractivity contribution in [3.05, 3.63) is 28.8 Å². The van der Waals surface area contributed by atoms with Gasteiger partial charge in [0.25, 0.3) is 0 Å². The van der Waals surface area contributed by atoms with Crippen LogP contribution in [0.25, 0.3) is 10.2 Å². The Labute approximate surface area is 135 Å². The Morgan fingerprint density at radius 2 is 2.18 bits per heavy atom. The number of nitrogens with zero attached hydrogens (tertiary/aromatic N) is 2. The molecule has 4 nitrogen and oxygen atoms in total. The summed E-state index contributed by atoms with van der Waals surface area (Å²) in [6, 6.07) is 6.03. The predicted molar refractivity (Wildman–Crippen MR) is 89.5 cm³/mol. The molecule has 1 saturated heterocycles. The SMILES string of the molecule is CCN1CCC(Cc2ccc3cc(C(=O)OC)sc3n2)CC1. The molecule has 0 N–H and O–H groups in total. The Hall–Kier alpha value is -1.46. The summed E-state index contributed by atoms with van der Waals surface area (Å²) in [6.07, 6.45) is 3.55. The fourth-order valence-electron chi connectivity index (χ4n) is 3.07. The van der Waals surface area contributed by atoms with Crippen LogP contribution in [-0.2, 0) is 11.2 Å². The first-order valence-corrected chi connectivity index (χ1v) is 8.71. The standard InChI is InChI=1S/C17H22N2O2S/c1-3-19-8-6-12(7-9-19)10-14-5-4-13-11-15(17(20)21-2)22-16(13)18-14/h4-5,11-12H,3,6-10H2,1-2H3. The van der Waals surface area contributed by atoms with Crippen molar-refractivity contribution in [1.29, 1.82) is 0 Å². The van der Waals surface area contributed by atoms with E-state index in [9.17, 15) is 4.79 Å². The largest absolute Gasteiger partial charge is 0.465 e. The van der Waals surface area contributed by atoms with Crippen molar-refractivity contribution < 1.29 is 9.53 Å². The van der Waals surface area contributed by atoms with Crippen LogP contribution < -0.4 is 0 Å². The van der Waals surface area contributed by atoms with Crippen LogP contribution >= 0.6 is 11.3 Å². The maximum Gasteiger partial charge on any atom is 0.348 e. The number of esters is 1. The summed E-state index contributed by atoms with van der Waals surface area (Å²) in [4.78, 5) is 20.4. The number of ether oxygens (including phenoxy) is 1. The molecular weight excluding hydrogens is 296 g/mol. The van der Waals surface area contributed by atoms with Gasteiger partial charge in [0, 0.05) is 11.1 Å². The highest BCUT2D eigenvalue weighted by Gasteiger charge is 2.19. The predicted octanol–water partition coefficient (Wildman–Crippen LogP) is 3.36. The van der Waals surface area contributed by atoms with E-state index >= 15 is 0 Å². The molecule has 0 saturated carbocycles. The van der Waals surface area contributed by atoms with Crippen molar-refractivity contribution in [2.45, 2.75) is 26.2 Å². The number of piperidine rings is 1. The van der Waals surface area contributed by atoms with E-state index in [0.717, 1.165) is 34.8 Å². The van der Waals surface area contributed by atoms with Crippen LogP contribution in [0.2, 0.25) is 0 Å². The molecule has 1 fully saturated rings. The zero-order valence-electron chi connectivity index (χ0n) is 13.2. The Bertz CT molecular complexity index is 660. The number of methoxy groups -OCH3 is 1. The monoisotopic (exact) mass is 318 g/mol. The smallest absolute Gasteiger partial charge is 0.348 e. The number of likely N-dealkylation sites (tertiary alicyclic amines) is 1. The number of hydrogen-bond acceptors (Lipinski definition) is 5. The second kappa shape index (κ2) is 6.75. The van der Waals surface area contributed by atoms with Crippen molar-refractivity contribution in [3.8, 4) is 0 Å². The zero-order chi connectivity index (χ0) is 15.5. The summed E-state index contributed by atoms with van der Waals surface area (Å²) in [5.74, 6) is 0.448. The molecule has 3 heterocycles. The third kappa shape index (κ3) is 3.31. The van der Waals surface area contributed by atoms with E-state index < -0.39 is 0 Å². The zero-order valence-corrected chi connectivity index (χ0v) is 14.0. The molecule has 3 rings (SSSR count). The second-order valence-electron chi connectivity index (χ2n) is 5.88. The second-order valence-corrected chi connectivity index (χ2v) is 6.91. The maximum absolute atomic E-state index is 11.6. The van der Waals surface area contributed by atoms with Gasteiger partial charge in [0.1, 0.15) is 9.71 Å². The van der Waals surface area contributed by atoms with Gasteiger partial charge in [-0.2, -0.15) is 0 Å². The lowest BCUT2D eigenvalue weighted by Gasteiger charge is -2.30. The first-order valence-electron chi connectivity index (χ1n) is 7.89. The molecule has 1 aliphatic heterocycles. The normalized spacial score (nSPS) is 17.0. The molecule has 118 valence electrons. The molecular formula is C17H22N2O2S. The minimum atomic E-state index is -0.281. The molecule has 1 aliphatic rings. The van der Waals surface area contributed by atoms with E-state index in [1.165, 1.54) is 44.4 Å². The third-order valence-corrected chi connectivity index (χ3v) is 5.50. The van der Waals surface area contributed by atoms with Crippen LogP contribution in [0.5, 0.6) is 0 Å². The van der Waals surface area contributed by atoms with E-state index in [2.05, 4.69) is 24.0 Å². The van der Waals surface area contributed by atoms with Gasteiger partial charge >= 0.3 is 5.97 Å². The lowest BCUT2D eigenvalue weighted by atomic mass is 9.92. The van der Waals surface area contributed by atoms with Crippen LogP contribution in [0.15, 0.2) is 18.2 Å². The van der Waals surface area contributed by atoms with E-state index in [0.29, 0.717) is 4.88 Å². The minimum Gasteiger partial charge on any atom is -0.465 e. The van der Waals surface area contributed by atoms with E-state index in [4.69, 9.17) is 9.72 Å². The Balaban J connectivity index is 1.71.